The molecule has 0 atom stereocenters. The van der Waals surface area contributed by atoms with Gasteiger partial charge in [-0.25, -0.2) is 4.98 Å². The summed E-state index contributed by atoms with van der Waals surface area (Å²) in [5.41, 5.74) is 6.15. The molecular formula is C11H15N5OS. The summed E-state index contributed by atoms with van der Waals surface area (Å²) in [6, 6.07) is 3.58. The number of thiocarbonyl (C=S) groups is 1. The van der Waals surface area contributed by atoms with Crippen molar-refractivity contribution in [1.29, 1.82) is 0 Å². The molecule has 1 amide bonds. The number of hydrogen-bond acceptors (Lipinski definition) is 4. The Balaban J connectivity index is 2.09. The van der Waals surface area contributed by atoms with E-state index in [1.54, 1.807) is 17.2 Å². The van der Waals surface area contributed by atoms with Crippen molar-refractivity contribution in [2.75, 3.05) is 36.9 Å². The van der Waals surface area contributed by atoms with E-state index >= 15 is 0 Å². The third kappa shape index (κ3) is 2.93. The van der Waals surface area contributed by atoms with Gasteiger partial charge in [-0.3, -0.25) is 9.69 Å². The van der Waals surface area contributed by atoms with E-state index in [-0.39, 0.29) is 11.0 Å². The Morgan fingerprint density at radius 1 is 1.50 bits per heavy atom. The summed E-state index contributed by atoms with van der Waals surface area (Å²) in [6.07, 6.45) is 1.64. The fourth-order valence-corrected chi connectivity index (χ4v) is 1.91. The molecule has 1 fully saturated rings. The molecule has 2 rings (SSSR count). The SMILES string of the molecule is CN1CCN(c2ccc(NC(N)=S)nc2)C(=O)C1. The third-order valence-electron chi connectivity index (χ3n) is 2.72. The fourth-order valence-electron chi connectivity index (χ4n) is 1.81. The molecule has 0 saturated carbocycles. The molecule has 1 saturated heterocycles. The number of rotatable bonds is 2. The largest absolute Gasteiger partial charge is 0.376 e. The zero-order valence-electron chi connectivity index (χ0n) is 10.1. The summed E-state index contributed by atoms with van der Waals surface area (Å²) in [4.78, 5) is 19.8. The maximum Gasteiger partial charge on any atom is 0.241 e. The minimum absolute atomic E-state index is 0.0839. The Morgan fingerprint density at radius 2 is 2.28 bits per heavy atom. The van der Waals surface area contributed by atoms with Crippen molar-refractivity contribution < 1.29 is 4.79 Å². The molecule has 0 radical (unpaired) electrons. The van der Waals surface area contributed by atoms with Crippen LogP contribution in [-0.4, -0.2) is 47.6 Å². The molecule has 0 spiro atoms. The van der Waals surface area contributed by atoms with Gasteiger partial charge in [-0.15, -0.1) is 0 Å². The number of carbonyl (C=O) groups excluding carboxylic acids is 1. The molecule has 6 nitrogen and oxygen atoms in total. The summed E-state index contributed by atoms with van der Waals surface area (Å²) in [5, 5.41) is 2.91. The lowest BCUT2D eigenvalue weighted by molar-refractivity contribution is -0.120. The van der Waals surface area contributed by atoms with Gasteiger partial charge in [0.15, 0.2) is 5.11 Å². The number of hydrogen-bond donors (Lipinski definition) is 2. The molecule has 0 unspecified atom stereocenters. The second kappa shape index (κ2) is 5.28. The van der Waals surface area contributed by atoms with E-state index in [0.29, 0.717) is 18.9 Å². The fraction of sp³-hybridized carbons (Fsp3) is 0.364. The van der Waals surface area contributed by atoms with Crippen molar-refractivity contribution in [1.82, 2.24) is 9.88 Å². The molecule has 18 heavy (non-hydrogen) atoms. The van der Waals surface area contributed by atoms with Gasteiger partial charge in [0.1, 0.15) is 5.82 Å². The Labute approximate surface area is 111 Å². The number of pyridine rings is 1. The highest BCUT2D eigenvalue weighted by Crippen LogP contribution is 2.17. The van der Waals surface area contributed by atoms with Gasteiger partial charge in [0.05, 0.1) is 18.4 Å². The van der Waals surface area contributed by atoms with Gasteiger partial charge in [-0.2, -0.15) is 0 Å². The van der Waals surface area contributed by atoms with Gasteiger partial charge >= 0.3 is 0 Å². The number of anilines is 2. The van der Waals surface area contributed by atoms with Gasteiger partial charge in [0, 0.05) is 13.1 Å². The number of aromatic nitrogens is 1. The molecule has 1 aromatic rings. The minimum Gasteiger partial charge on any atom is -0.376 e. The van der Waals surface area contributed by atoms with E-state index in [1.165, 1.54) is 0 Å². The zero-order valence-corrected chi connectivity index (χ0v) is 10.9. The van der Waals surface area contributed by atoms with Crippen LogP contribution in [0.4, 0.5) is 11.5 Å². The predicted molar refractivity (Wildman–Crippen MR) is 74.5 cm³/mol. The number of amides is 1. The highest BCUT2D eigenvalue weighted by Gasteiger charge is 2.22. The Kier molecular flexibility index (Phi) is 3.73. The van der Waals surface area contributed by atoms with Crippen molar-refractivity contribution in [3.8, 4) is 0 Å². The van der Waals surface area contributed by atoms with Gasteiger partial charge in [0.25, 0.3) is 0 Å². The predicted octanol–water partition coefficient (Wildman–Crippen LogP) is 0.0155. The van der Waals surface area contributed by atoms with Crippen LogP contribution < -0.4 is 16.0 Å². The topological polar surface area (TPSA) is 74.5 Å². The van der Waals surface area contributed by atoms with Crippen LogP contribution in [0.5, 0.6) is 0 Å². The average Bonchev–Trinajstić information content (AvgIpc) is 2.30. The van der Waals surface area contributed by atoms with E-state index in [4.69, 9.17) is 18.0 Å². The lowest BCUT2D eigenvalue weighted by Gasteiger charge is -2.31. The summed E-state index contributed by atoms with van der Waals surface area (Å²) in [5.74, 6) is 0.661. The number of nitrogens with zero attached hydrogens (tertiary/aromatic N) is 3. The average molecular weight is 265 g/mol. The Hall–Kier alpha value is -1.73. The first-order chi connectivity index (χ1) is 8.56. The second-order valence-corrected chi connectivity index (χ2v) is 4.61. The third-order valence-corrected chi connectivity index (χ3v) is 2.82. The molecule has 1 aliphatic rings. The van der Waals surface area contributed by atoms with Gasteiger partial charge in [-0.05, 0) is 31.4 Å². The van der Waals surface area contributed by atoms with Gasteiger partial charge < -0.3 is 16.0 Å². The number of likely N-dealkylation sites (N-methyl/N-ethyl adjacent to an activating group) is 1. The van der Waals surface area contributed by atoms with E-state index in [0.717, 1.165) is 12.2 Å². The van der Waals surface area contributed by atoms with E-state index in [9.17, 15) is 4.79 Å². The molecule has 2 heterocycles. The highest BCUT2D eigenvalue weighted by molar-refractivity contribution is 7.80. The second-order valence-electron chi connectivity index (χ2n) is 4.17. The molecule has 0 aromatic carbocycles. The van der Waals surface area contributed by atoms with Crippen molar-refractivity contribution >= 4 is 34.7 Å². The lowest BCUT2D eigenvalue weighted by Crippen LogP contribution is -2.48. The Bertz CT molecular complexity index is 461. The van der Waals surface area contributed by atoms with Crippen LogP contribution in [-0.2, 0) is 4.79 Å². The Morgan fingerprint density at radius 3 is 2.83 bits per heavy atom. The normalized spacial score (nSPS) is 16.7. The summed E-state index contributed by atoms with van der Waals surface area (Å²) in [7, 11) is 1.93. The summed E-state index contributed by atoms with van der Waals surface area (Å²) in [6.45, 7) is 1.98. The number of carbonyl (C=O) groups is 1. The van der Waals surface area contributed by atoms with E-state index in [2.05, 4.69) is 10.3 Å². The van der Waals surface area contributed by atoms with E-state index < -0.39 is 0 Å². The first kappa shape index (κ1) is 12.7. The molecule has 3 N–H and O–H groups in total. The van der Waals surface area contributed by atoms with Crippen LogP contribution in [0.3, 0.4) is 0 Å². The highest BCUT2D eigenvalue weighted by atomic mass is 32.1. The molecular weight excluding hydrogens is 250 g/mol. The first-order valence-corrected chi connectivity index (χ1v) is 5.98. The summed E-state index contributed by atoms with van der Waals surface area (Å²) < 4.78 is 0. The van der Waals surface area contributed by atoms with Crippen LogP contribution in [0.15, 0.2) is 18.3 Å². The molecule has 1 aliphatic heterocycles. The van der Waals surface area contributed by atoms with Gasteiger partial charge in [0.2, 0.25) is 5.91 Å². The quantitative estimate of drug-likeness (QED) is 0.734. The lowest BCUT2D eigenvalue weighted by atomic mass is 10.2. The van der Waals surface area contributed by atoms with Crippen molar-refractivity contribution in [2.45, 2.75) is 0 Å². The van der Waals surface area contributed by atoms with Gasteiger partial charge in [-0.1, -0.05) is 0 Å². The molecule has 0 bridgehead atoms. The first-order valence-electron chi connectivity index (χ1n) is 5.57. The van der Waals surface area contributed by atoms with Crippen LogP contribution in [0, 0.1) is 0 Å². The monoisotopic (exact) mass is 265 g/mol. The summed E-state index contributed by atoms with van der Waals surface area (Å²) >= 11 is 4.72. The van der Waals surface area contributed by atoms with Crippen LogP contribution in [0.1, 0.15) is 0 Å². The van der Waals surface area contributed by atoms with Crippen molar-refractivity contribution in [3.63, 3.8) is 0 Å². The van der Waals surface area contributed by atoms with Crippen molar-refractivity contribution in [3.05, 3.63) is 18.3 Å². The molecule has 1 aromatic heterocycles. The van der Waals surface area contributed by atoms with Crippen LogP contribution in [0.2, 0.25) is 0 Å². The minimum atomic E-state index is 0.0839. The zero-order chi connectivity index (χ0) is 13.1. The van der Waals surface area contributed by atoms with Crippen LogP contribution in [0.25, 0.3) is 0 Å². The van der Waals surface area contributed by atoms with E-state index in [1.807, 2.05) is 18.0 Å². The van der Waals surface area contributed by atoms with Crippen molar-refractivity contribution in [2.24, 2.45) is 5.73 Å². The number of nitrogens with one attached hydrogen (secondary N) is 1. The van der Waals surface area contributed by atoms with Crippen LogP contribution >= 0.6 is 12.2 Å². The maximum absolute atomic E-state index is 11.9. The number of nitrogens with two attached hydrogens (primary N) is 1. The molecule has 96 valence electrons. The number of piperazine rings is 1. The standard InChI is InChI=1S/C11H15N5OS/c1-15-4-5-16(10(17)7-15)8-2-3-9(13-6-8)14-11(12)18/h2-3,6H,4-5,7H2,1H3,(H3,12,13,14,18). The molecule has 0 aliphatic carbocycles. The molecule has 7 heteroatoms. The maximum atomic E-state index is 11.9. The smallest absolute Gasteiger partial charge is 0.241 e.